The molecule has 11 nitrogen and oxygen atoms in total. The van der Waals surface area contributed by atoms with E-state index >= 15 is 0 Å². The Balaban J connectivity index is 1.55. The predicted octanol–water partition coefficient (Wildman–Crippen LogP) is 3.17. The van der Waals surface area contributed by atoms with E-state index in [-0.39, 0.29) is 22.0 Å². The standard InChI is InChI=1S/C29H32N4O7S/c1-4-41(35,36)21-7-5-19(6-8-21)27-24(40-16-13-33-11-14-39-15-12-33)10-9-22(30-27)28-31-23-17-20(37-2)18-25(38-3)26(23)29(34)32-28/h5-10,17-18H,4,11-16H2,1-3H3,(H,31,32,34). The molecule has 0 unspecified atom stereocenters. The molecule has 2 aromatic carbocycles. The quantitative estimate of drug-likeness (QED) is 0.298. The third-order valence-electron chi connectivity index (χ3n) is 6.94. The van der Waals surface area contributed by atoms with Crippen molar-refractivity contribution in [3.8, 4) is 40.0 Å². The highest BCUT2D eigenvalue weighted by molar-refractivity contribution is 7.91. The first-order valence-corrected chi connectivity index (χ1v) is 14.9. The predicted molar refractivity (Wildman–Crippen MR) is 155 cm³/mol. The molecule has 41 heavy (non-hydrogen) atoms. The molecule has 1 fully saturated rings. The molecular formula is C29H32N4O7S. The van der Waals surface area contributed by atoms with Crippen molar-refractivity contribution in [1.82, 2.24) is 19.9 Å². The Morgan fingerprint density at radius 2 is 1.73 bits per heavy atom. The number of fused-ring (bicyclic) bond motifs is 1. The van der Waals surface area contributed by atoms with E-state index in [2.05, 4.69) is 14.9 Å². The van der Waals surface area contributed by atoms with Gasteiger partial charge in [0, 0.05) is 37.3 Å². The zero-order valence-electron chi connectivity index (χ0n) is 23.2. The van der Waals surface area contributed by atoms with Crippen molar-refractivity contribution in [1.29, 1.82) is 0 Å². The Morgan fingerprint density at radius 3 is 2.41 bits per heavy atom. The molecule has 1 saturated heterocycles. The van der Waals surface area contributed by atoms with Crippen LogP contribution in [0.5, 0.6) is 17.2 Å². The van der Waals surface area contributed by atoms with Gasteiger partial charge in [0.05, 0.1) is 43.6 Å². The molecule has 1 aliphatic heterocycles. The van der Waals surface area contributed by atoms with Crippen LogP contribution in [0.25, 0.3) is 33.7 Å². The van der Waals surface area contributed by atoms with Crippen molar-refractivity contribution < 1.29 is 27.4 Å². The number of methoxy groups -OCH3 is 2. The van der Waals surface area contributed by atoms with Crippen LogP contribution in [0.3, 0.4) is 0 Å². The summed E-state index contributed by atoms with van der Waals surface area (Å²) >= 11 is 0. The fourth-order valence-corrected chi connectivity index (χ4v) is 5.49. The molecule has 2 aromatic heterocycles. The highest BCUT2D eigenvalue weighted by Gasteiger charge is 2.18. The number of ether oxygens (including phenoxy) is 4. The molecule has 0 amide bonds. The summed E-state index contributed by atoms with van der Waals surface area (Å²) in [5.74, 6) is 1.63. The molecule has 0 spiro atoms. The van der Waals surface area contributed by atoms with Gasteiger partial charge < -0.3 is 23.9 Å². The molecule has 12 heteroatoms. The van der Waals surface area contributed by atoms with E-state index in [9.17, 15) is 13.2 Å². The smallest absolute Gasteiger partial charge is 0.262 e. The van der Waals surface area contributed by atoms with Crippen molar-refractivity contribution in [2.45, 2.75) is 11.8 Å². The van der Waals surface area contributed by atoms with Gasteiger partial charge >= 0.3 is 0 Å². The summed E-state index contributed by atoms with van der Waals surface area (Å²) in [5.41, 5.74) is 1.58. The topological polar surface area (TPSA) is 133 Å². The average molecular weight is 581 g/mol. The number of sulfone groups is 1. The second-order valence-corrected chi connectivity index (χ2v) is 11.7. The molecule has 4 aromatic rings. The van der Waals surface area contributed by atoms with Crippen LogP contribution in [0.15, 0.2) is 58.2 Å². The maximum Gasteiger partial charge on any atom is 0.262 e. The van der Waals surface area contributed by atoms with Gasteiger partial charge in [-0.3, -0.25) is 9.69 Å². The molecule has 1 aliphatic rings. The van der Waals surface area contributed by atoms with Gasteiger partial charge in [0.15, 0.2) is 15.7 Å². The molecule has 0 atom stereocenters. The van der Waals surface area contributed by atoms with E-state index in [1.807, 2.05) is 0 Å². The number of nitrogens with one attached hydrogen (secondary N) is 1. The molecule has 0 bridgehead atoms. The van der Waals surface area contributed by atoms with Crippen molar-refractivity contribution in [3.63, 3.8) is 0 Å². The molecule has 0 aliphatic carbocycles. The largest absolute Gasteiger partial charge is 0.497 e. The number of H-pyrrole nitrogens is 1. The molecule has 216 valence electrons. The van der Waals surface area contributed by atoms with E-state index in [0.717, 1.165) is 19.6 Å². The molecule has 5 rings (SSSR count). The summed E-state index contributed by atoms with van der Waals surface area (Å²) in [4.78, 5) is 27.9. The Kier molecular flexibility index (Phi) is 8.52. The lowest BCUT2D eigenvalue weighted by molar-refractivity contribution is 0.0322. The Hall–Kier alpha value is -4.00. The minimum Gasteiger partial charge on any atom is -0.497 e. The summed E-state index contributed by atoms with van der Waals surface area (Å²) in [7, 11) is -0.358. The van der Waals surface area contributed by atoms with Gasteiger partial charge in [0.2, 0.25) is 0 Å². The number of aromatic amines is 1. The van der Waals surface area contributed by atoms with E-state index in [1.165, 1.54) is 14.2 Å². The van der Waals surface area contributed by atoms with Crippen LogP contribution in [-0.2, 0) is 14.6 Å². The summed E-state index contributed by atoms with van der Waals surface area (Å²) < 4.78 is 47.0. The third kappa shape index (κ3) is 6.19. The summed E-state index contributed by atoms with van der Waals surface area (Å²) in [5, 5.41) is 0.299. The van der Waals surface area contributed by atoms with Gasteiger partial charge in [-0.1, -0.05) is 19.1 Å². The van der Waals surface area contributed by atoms with Crippen LogP contribution < -0.4 is 19.8 Å². The first-order valence-electron chi connectivity index (χ1n) is 13.3. The van der Waals surface area contributed by atoms with Gasteiger partial charge in [0.25, 0.3) is 5.56 Å². The zero-order valence-corrected chi connectivity index (χ0v) is 24.0. The highest BCUT2D eigenvalue weighted by Crippen LogP contribution is 2.33. The number of aromatic nitrogens is 3. The van der Waals surface area contributed by atoms with Gasteiger partial charge in [-0.05, 0) is 24.3 Å². The molecular weight excluding hydrogens is 548 g/mol. The fraction of sp³-hybridized carbons (Fsp3) is 0.345. The van der Waals surface area contributed by atoms with Gasteiger partial charge in [-0.25, -0.2) is 18.4 Å². The molecule has 3 heterocycles. The zero-order chi connectivity index (χ0) is 29.0. The van der Waals surface area contributed by atoms with Gasteiger partial charge in [0.1, 0.15) is 40.6 Å². The SMILES string of the molecule is CCS(=O)(=O)c1ccc(-c2nc(-c3nc4cc(OC)cc(OC)c4c(=O)[nH]3)ccc2OCCN2CCOCC2)cc1. The van der Waals surface area contributed by atoms with Crippen LogP contribution in [-0.4, -0.2) is 87.7 Å². The maximum absolute atomic E-state index is 13.1. The van der Waals surface area contributed by atoms with Crippen LogP contribution in [0, 0.1) is 0 Å². The number of pyridine rings is 1. The number of nitrogens with zero attached hydrogens (tertiary/aromatic N) is 3. The van der Waals surface area contributed by atoms with Gasteiger partial charge in [-0.2, -0.15) is 0 Å². The number of rotatable bonds is 10. The summed E-state index contributed by atoms with van der Waals surface area (Å²) in [6, 6.07) is 13.3. The first-order chi connectivity index (χ1) is 19.8. The van der Waals surface area contributed by atoms with Crippen molar-refractivity contribution in [2.24, 2.45) is 0 Å². The van der Waals surface area contributed by atoms with Crippen LogP contribution in [0.1, 0.15) is 6.92 Å². The van der Waals surface area contributed by atoms with E-state index in [1.54, 1.807) is 55.5 Å². The van der Waals surface area contributed by atoms with Crippen LogP contribution in [0.2, 0.25) is 0 Å². The Labute approximate surface area is 238 Å². The lowest BCUT2D eigenvalue weighted by atomic mass is 10.1. The lowest BCUT2D eigenvalue weighted by Crippen LogP contribution is -2.38. The lowest BCUT2D eigenvalue weighted by Gasteiger charge is -2.26. The molecule has 0 saturated carbocycles. The first kappa shape index (κ1) is 28.5. The Morgan fingerprint density at radius 1 is 0.976 bits per heavy atom. The van der Waals surface area contributed by atoms with Crippen LogP contribution in [0.4, 0.5) is 0 Å². The minimum absolute atomic E-state index is 0.00650. The maximum atomic E-state index is 13.1. The second-order valence-electron chi connectivity index (χ2n) is 9.41. The van der Waals surface area contributed by atoms with Gasteiger partial charge in [-0.15, -0.1) is 0 Å². The second kappa shape index (κ2) is 12.2. The van der Waals surface area contributed by atoms with Crippen molar-refractivity contribution >= 4 is 20.7 Å². The van der Waals surface area contributed by atoms with Crippen molar-refractivity contribution in [3.05, 3.63) is 58.9 Å². The van der Waals surface area contributed by atoms with E-state index in [4.69, 9.17) is 23.9 Å². The third-order valence-corrected chi connectivity index (χ3v) is 8.69. The highest BCUT2D eigenvalue weighted by atomic mass is 32.2. The number of benzene rings is 2. The summed E-state index contributed by atoms with van der Waals surface area (Å²) in [6.07, 6.45) is 0. The molecule has 0 radical (unpaired) electrons. The average Bonchev–Trinajstić information content (AvgIpc) is 3.01. The van der Waals surface area contributed by atoms with E-state index in [0.29, 0.717) is 64.9 Å². The minimum atomic E-state index is -3.36. The Bertz CT molecular complexity index is 1700. The number of hydrogen-bond acceptors (Lipinski definition) is 10. The fourth-order valence-electron chi connectivity index (χ4n) is 4.61. The number of morpholine rings is 1. The van der Waals surface area contributed by atoms with Crippen molar-refractivity contribution in [2.75, 3.05) is 59.4 Å². The normalized spacial score (nSPS) is 14.2. The van der Waals surface area contributed by atoms with E-state index < -0.39 is 9.84 Å². The van der Waals surface area contributed by atoms with Crippen LogP contribution >= 0.6 is 0 Å². The number of hydrogen-bond donors (Lipinski definition) is 1. The molecule has 1 N–H and O–H groups in total. The monoisotopic (exact) mass is 580 g/mol. The summed E-state index contributed by atoms with van der Waals surface area (Å²) in [6.45, 7) is 5.85.